The molecular formula is C18H21F4N3O3. The topological polar surface area (TPSA) is 89.5 Å². The van der Waals surface area contributed by atoms with Crippen molar-refractivity contribution in [2.75, 3.05) is 13.1 Å². The number of nitrogens with one attached hydrogen (secondary N) is 1. The van der Waals surface area contributed by atoms with Crippen molar-refractivity contribution in [3.63, 3.8) is 0 Å². The number of halogens is 4. The number of aryl methyl sites for hydroxylation is 1. The van der Waals surface area contributed by atoms with Crippen LogP contribution in [0.3, 0.4) is 0 Å². The molecule has 2 atom stereocenters. The van der Waals surface area contributed by atoms with Gasteiger partial charge in [0.1, 0.15) is 5.82 Å². The summed E-state index contributed by atoms with van der Waals surface area (Å²) in [6, 6.07) is 4.47. The Balaban J connectivity index is 0.000000878. The predicted octanol–water partition coefficient (Wildman–Crippen LogP) is 2.61. The molecule has 28 heavy (non-hydrogen) atoms. The lowest BCUT2D eigenvalue weighted by Gasteiger charge is -2.17. The predicted molar refractivity (Wildman–Crippen MR) is 91.9 cm³/mol. The van der Waals surface area contributed by atoms with Gasteiger partial charge in [-0.1, -0.05) is 6.07 Å². The van der Waals surface area contributed by atoms with E-state index in [4.69, 9.17) is 9.90 Å². The van der Waals surface area contributed by atoms with Crippen LogP contribution in [0, 0.1) is 18.7 Å². The van der Waals surface area contributed by atoms with Crippen LogP contribution in [0.15, 0.2) is 24.3 Å². The summed E-state index contributed by atoms with van der Waals surface area (Å²) >= 11 is 0. The van der Waals surface area contributed by atoms with Gasteiger partial charge in [0.15, 0.2) is 0 Å². The average Bonchev–Trinajstić information content (AvgIpc) is 3.15. The Bertz CT molecular complexity index is 795. The molecule has 1 aromatic carbocycles. The molecule has 154 valence electrons. The van der Waals surface area contributed by atoms with E-state index in [0.717, 1.165) is 23.5 Å². The van der Waals surface area contributed by atoms with Crippen molar-refractivity contribution in [1.29, 1.82) is 0 Å². The lowest BCUT2D eigenvalue weighted by Crippen LogP contribution is -2.22. The van der Waals surface area contributed by atoms with Crippen molar-refractivity contribution < 1.29 is 32.6 Å². The number of carboxylic acid groups (broad SMARTS) is 1. The lowest BCUT2D eigenvalue weighted by atomic mass is 10.0. The number of aromatic amines is 1. The zero-order valence-electron chi connectivity index (χ0n) is 15.1. The molecule has 0 spiro atoms. The molecule has 1 saturated heterocycles. The number of aromatic nitrogens is 2. The molecule has 2 heterocycles. The van der Waals surface area contributed by atoms with Gasteiger partial charge in [-0.05, 0) is 31.5 Å². The summed E-state index contributed by atoms with van der Waals surface area (Å²) in [6.07, 6.45) is -4.54. The number of β-amino-alcohol motifs (C(OH)–C–C–N with tert-alkyl or cyclic N) is 1. The molecule has 1 aliphatic rings. The van der Waals surface area contributed by atoms with Gasteiger partial charge >= 0.3 is 6.18 Å². The standard InChI is InChI=1S/C17H19F4N3O.CH2O2/c1-10-4-14(23-22-10)5-12-8-24(9-16(12)25)7-11-2-3-13(6-15(11)18)17(19,20)21;2-1-3/h2-4,6,12,16,25H,5,7-9H2,1H3,(H,22,23);1H,(H,2,3)/t12-,16-;/m1./s1. The lowest BCUT2D eigenvalue weighted by molar-refractivity contribution is -0.137. The van der Waals surface area contributed by atoms with Crippen LogP contribution in [-0.4, -0.2) is 51.0 Å². The summed E-state index contributed by atoms with van der Waals surface area (Å²) < 4.78 is 51.8. The smallest absolute Gasteiger partial charge is 0.416 e. The average molecular weight is 403 g/mol. The number of alkyl halides is 3. The second kappa shape index (κ2) is 9.16. The first-order valence-corrected chi connectivity index (χ1v) is 8.48. The number of aliphatic hydroxyl groups excluding tert-OH is 1. The highest BCUT2D eigenvalue weighted by Crippen LogP contribution is 2.31. The second-order valence-corrected chi connectivity index (χ2v) is 6.68. The van der Waals surface area contributed by atoms with Crippen LogP contribution in [0.4, 0.5) is 17.6 Å². The molecule has 1 aromatic heterocycles. The normalized spacial score (nSPS) is 19.9. The van der Waals surface area contributed by atoms with Crippen molar-refractivity contribution in [3.05, 3.63) is 52.6 Å². The number of benzene rings is 1. The molecule has 10 heteroatoms. The second-order valence-electron chi connectivity index (χ2n) is 6.68. The Hall–Kier alpha value is -2.46. The summed E-state index contributed by atoms with van der Waals surface area (Å²) in [4.78, 5) is 10.2. The van der Waals surface area contributed by atoms with Gasteiger partial charge in [-0.3, -0.25) is 14.8 Å². The number of aliphatic hydroxyl groups is 1. The minimum absolute atomic E-state index is 0.0415. The highest BCUT2D eigenvalue weighted by atomic mass is 19.4. The fraction of sp³-hybridized carbons (Fsp3) is 0.444. The van der Waals surface area contributed by atoms with E-state index in [2.05, 4.69) is 10.2 Å². The Morgan fingerprint density at radius 3 is 2.54 bits per heavy atom. The number of nitrogens with zero attached hydrogens (tertiary/aromatic N) is 2. The van der Waals surface area contributed by atoms with Gasteiger partial charge in [-0.15, -0.1) is 0 Å². The Morgan fingerprint density at radius 2 is 2.00 bits per heavy atom. The van der Waals surface area contributed by atoms with Crippen LogP contribution in [-0.2, 0) is 23.9 Å². The van der Waals surface area contributed by atoms with Crippen LogP contribution in [0.5, 0.6) is 0 Å². The first kappa shape index (κ1) is 21.8. The van der Waals surface area contributed by atoms with E-state index in [-0.39, 0.29) is 24.5 Å². The van der Waals surface area contributed by atoms with Gasteiger partial charge in [0.05, 0.1) is 17.4 Å². The number of hydrogen-bond acceptors (Lipinski definition) is 4. The van der Waals surface area contributed by atoms with E-state index < -0.39 is 23.7 Å². The van der Waals surface area contributed by atoms with E-state index in [1.54, 1.807) is 0 Å². The van der Waals surface area contributed by atoms with Gasteiger partial charge in [-0.2, -0.15) is 18.3 Å². The van der Waals surface area contributed by atoms with Crippen molar-refractivity contribution in [1.82, 2.24) is 15.1 Å². The van der Waals surface area contributed by atoms with E-state index >= 15 is 0 Å². The van der Waals surface area contributed by atoms with Gasteiger partial charge in [-0.25, -0.2) is 4.39 Å². The highest BCUT2D eigenvalue weighted by Gasteiger charge is 2.33. The van der Waals surface area contributed by atoms with Crippen LogP contribution < -0.4 is 0 Å². The van der Waals surface area contributed by atoms with Crippen LogP contribution in [0.2, 0.25) is 0 Å². The molecule has 0 radical (unpaired) electrons. The van der Waals surface area contributed by atoms with E-state index in [1.165, 1.54) is 0 Å². The van der Waals surface area contributed by atoms with Gasteiger partial charge < -0.3 is 10.2 Å². The van der Waals surface area contributed by atoms with Gasteiger partial charge in [0.2, 0.25) is 0 Å². The summed E-state index contributed by atoms with van der Waals surface area (Å²) in [7, 11) is 0. The fourth-order valence-corrected chi connectivity index (χ4v) is 3.21. The maximum Gasteiger partial charge on any atom is 0.416 e. The minimum atomic E-state index is -4.56. The molecule has 0 aliphatic carbocycles. The summed E-state index contributed by atoms with van der Waals surface area (Å²) in [5.74, 6) is -0.920. The first-order chi connectivity index (χ1) is 13.1. The maximum atomic E-state index is 14.0. The maximum absolute atomic E-state index is 14.0. The Morgan fingerprint density at radius 1 is 1.32 bits per heavy atom. The van der Waals surface area contributed by atoms with Crippen molar-refractivity contribution >= 4 is 6.47 Å². The molecule has 3 rings (SSSR count). The van der Waals surface area contributed by atoms with Gasteiger partial charge in [0.25, 0.3) is 6.47 Å². The highest BCUT2D eigenvalue weighted by molar-refractivity contribution is 5.32. The fourth-order valence-electron chi connectivity index (χ4n) is 3.21. The summed E-state index contributed by atoms with van der Waals surface area (Å²) in [5, 5.41) is 24.1. The van der Waals surface area contributed by atoms with Crippen molar-refractivity contribution in [2.24, 2.45) is 5.92 Å². The van der Waals surface area contributed by atoms with Crippen LogP contribution in [0.1, 0.15) is 22.5 Å². The molecule has 0 amide bonds. The van der Waals surface area contributed by atoms with E-state index in [9.17, 15) is 22.7 Å². The summed E-state index contributed by atoms with van der Waals surface area (Å²) in [5.41, 5.74) is 0.980. The van der Waals surface area contributed by atoms with Crippen molar-refractivity contribution in [3.8, 4) is 0 Å². The third-order valence-corrected chi connectivity index (χ3v) is 4.49. The number of likely N-dealkylation sites (tertiary alicyclic amines) is 1. The molecule has 1 aliphatic heterocycles. The molecule has 0 bridgehead atoms. The molecule has 3 N–H and O–H groups in total. The molecule has 0 saturated carbocycles. The van der Waals surface area contributed by atoms with E-state index in [0.29, 0.717) is 25.6 Å². The Kier molecular flexibility index (Phi) is 7.14. The monoisotopic (exact) mass is 403 g/mol. The van der Waals surface area contributed by atoms with Gasteiger partial charge in [0, 0.05) is 36.8 Å². The van der Waals surface area contributed by atoms with Crippen LogP contribution in [0.25, 0.3) is 0 Å². The van der Waals surface area contributed by atoms with Crippen molar-refractivity contribution in [2.45, 2.75) is 32.2 Å². The summed E-state index contributed by atoms with van der Waals surface area (Å²) in [6.45, 7) is 2.69. The molecule has 1 fully saturated rings. The number of hydrogen-bond donors (Lipinski definition) is 3. The number of H-pyrrole nitrogens is 1. The minimum Gasteiger partial charge on any atom is -0.483 e. The zero-order chi connectivity index (χ0) is 20.9. The first-order valence-electron chi connectivity index (χ1n) is 8.48. The SMILES string of the molecule is Cc1cc(C[C@@H]2CN(Cc3ccc(C(F)(F)F)cc3F)C[C@H]2O)n[nH]1.O=CO. The molecular weight excluding hydrogens is 382 g/mol. The number of rotatable bonds is 4. The Labute approximate surface area is 158 Å². The van der Waals surface area contributed by atoms with E-state index in [1.807, 2.05) is 17.9 Å². The van der Waals surface area contributed by atoms with Crippen LogP contribution >= 0.6 is 0 Å². The molecule has 6 nitrogen and oxygen atoms in total. The largest absolute Gasteiger partial charge is 0.483 e. The molecule has 0 unspecified atom stereocenters. The third kappa shape index (κ3) is 5.77. The zero-order valence-corrected chi connectivity index (χ0v) is 15.1. The third-order valence-electron chi connectivity index (χ3n) is 4.49. The quantitative estimate of drug-likeness (QED) is 0.540. The number of carbonyl (C=O) groups is 1. The molecule has 2 aromatic rings.